The lowest BCUT2D eigenvalue weighted by Gasteiger charge is -2.25. The van der Waals surface area contributed by atoms with Crippen LogP contribution in [0.3, 0.4) is 0 Å². The first-order valence-corrected chi connectivity index (χ1v) is 8.22. The van der Waals surface area contributed by atoms with Gasteiger partial charge >= 0.3 is 0 Å². The third kappa shape index (κ3) is 4.26. The fraction of sp³-hybridized carbons (Fsp3) is 0.615. The van der Waals surface area contributed by atoms with Gasteiger partial charge in [-0.25, -0.2) is 12.7 Å². The van der Waals surface area contributed by atoms with E-state index in [1.807, 2.05) is 12.1 Å². The van der Waals surface area contributed by atoms with Crippen molar-refractivity contribution in [3.8, 4) is 0 Å². The minimum atomic E-state index is -3.19. The number of rotatable bonds is 5. The van der Waals surface area contributed by atoms with Crippen LogP contribution in [0.5, 0.6) is 0 Å². The standard InChI is InChI=1S/C13H21N3O2S/c1-16(10-12-4-2-6-14-8-12)19(17,18)11-13-5-3-7-15-9-13/h2,4,6,8,13,15H,3,5,7,9-11H2,1H3. The van der Waals surface area contributed by atoms with Crippen LogP contribution in [0, 0.1) is 5.92 Å². The summed E-state index contributed by atoms with van der Waals surface area (Å²) in [6.07, 6.45) is 5.44. The molecule has 106 valence electrons. The summed E-state index contributed by atoms with van der Waals surface area (Å²) in [5.41, 5.74) is 0.912. The second-order valence-electron chi connectivity index (χ2n) is 5.11. The number of nitrogens with one attached hydrogen (secondary N) is 1. The Kier molecular flexibility index (Phi) is 4.90. The second kappa shape index (κ2) is 6.45. The molecule has 1 saturated heterocycles. The van der Waals surface area contributed by atoms with Crippen LogP contribution in [-0.2, 0) is 16.6 Å². The van der Waals surface area contributed by atoms with Crippen molar-refractivity contribution in [1.82, 2.24) is 14.6 Å². The minimum absolute atomic E-state index is 0.232. The highest BCUT2D eigenvalue weighted by molar-refractivity contribution is 7.89. The lowest BCUT2D eigenvalue weighted by molar-refractivity contribution is 0.391. The number of piperidine rings is 1. The number of aromatic nitrogens is 1. The minimum Gasteiger partial charge on any atom is -0.316 e. The van der Waals surface area contributed by atoms with E-state index in [4.69, 9.17) is 0 Å². The fourth-order valence-corrected chi connectivity index (χ4v) is 3.82. The first kappa shape index (κ1) is 14.4. The molecule has 1 unspecified atom stereocenters. The van der Waals surface area contributed by atoms with Gasteiger partial charge in [0.05, 0.1) is 5.75 Å². The molecule has 1 aromatic rings. The quantitative estimate of drug-likeness (QED) is 0.870. The highest BCUT2D eigenvalue weighted by atomic mass is 32.2. The van der Waals surface area contributed by atoms with Crippen LogP contribution in [0.2, 0.25) is 0 Å². The molecule has 1 aliphatic rings. The molecule has 5 nitrogen and oxygen atoms in total. The lowest BCUT2D eigenvalue weighted by atomic mass is 10.0. The van der Waals surface area contributed by atoms with Gasteiger partial charge in [-0.05, 0) is 43.5 Å². The van der Waals surface area contributed by atoms with Gasteiger partial charge in [-0.1, -0.05) is 6.07 Å². The molecule has 0 aromatic carbocycles. The zero-order chi connectivity index (χ0) is 13.7. The van der Waals surface area contributed by atoms with E-state index >= 15 is 0 Å². The number of hydrogen-bond acceptors (Lipinski definition) is 4. The number of pyridine rings is 1. The largest absolute Gasteiger partial charge is 0.316 e. The van der Waals surface area contributed by atoms with Gasteiger partial charge in [0, 0.05) is 26.0 Å². The normalized spacial score (nSPS) is 20.6. The molecule has 1 aromatic heterocycles. The van der Waals surface area contributed by atoms with Crippen molar-refractivity contribution in [2.24, 2.45) is 5.92 Å². The molecular weight excluding hydrogens is 262 g/mol. The van der Waals surface area contributed by atoms with Crippen LogP contribution in [0.1, 0.15) is 18.4 Å². The zero-order valence-electron chi connectivity index (χ0n) is 11.2. The topological polar surface area (TPSA) is 62.3 Å². The Hall–Kier alpha value is -0.980. The summed E-state index contributed by atoms with van der Waals surface area (Å²) in [4.78, 5) is 4.00. The third-order valence-electron chi connectivity index (χ3n) is 3.45. The maximum absolute atomic E-state index is 12.3. The van der Waals surface area contributed by atoms with Crippen molar-refractivity contribution < 1.29 is 8.42 Å². The van der Waals surface area contributed by atoms with Crippen LogP contribution in [0.15, 0.2) is 24.5 Å². The van der Waals surface area contributed by atoms with E-state index in [2.05, 4.69) is 10.3 Å². The molecule has 19 heavy (non-hydrogen) atoms. The molecule has 0 amide bonds. The van der Waals surface area contributed by atoms with E-state index in [0.717, 1.165) is 31.5 Å². The average Bonchev–Trinajstić information content (AvgIpc) is 2.40. The van der Waals surface area contributed by atoms with Crippen LogP contribution in [0.25, 0.3) is 0 Å². The summed E-state index contributed by atoms with van der Waals surface area (Å²) < 4.78 is 26.0. The van der Waals surface area contributed by atoms with Crippen molar-refractivity contribution >= 4 is 10.0 Å². The molecule has 1 fully saturated rings. The Balaban J connectivity index is 1.94. The predicted molar refractivity (Wildman–Crippen MR) is 75.1 cm³/mol. The van der Waals surface area contributed by atoms with Gasteiger partial charge in [0.2, 0.25) is 10.0 Å². The van der Waals surface area contributed by atoms with Crippen molar-refractivity contribution in [2.75, 3.05) is 25.9 Å². The molecule has 2 rings (SSSR count). The molecule has 1 atom stereocenters. The SMILES string of the molecule is CN(Cc1cccnc1)S(=O)(=O)CC1CCCNC1. The summed E-state index contributed by atoms with van der Waals surface area (Å²) in [5.74, 6) is 0.464. The van der Waals surface area contributed by atoms with Crippen molar-refractivity contribution in [3.63, 3.8) is 0 Å². The first-order valence-electron chi connectivity index (χ1n) is 6.61. The van der Waals surface area contributed by atoms with Gasteiger partial charge in [-0.15, -0.1) is 0 Å². The Labute approximate surface area is 115 Å². The molecule has 1 N–H and O–H groups in total. The van der Waals surface area contributed by atoms with Gasteiger partial charge in [0.15, 0.2) is 0 Å². The van der Waals surface area contributed by atoms with Crippen LogP contribution >= 0.6 is 0 Å². The Morgan fingerprint density at radius 3 is 3.00 bits per heavy atom. The zero-order valence-corrected chi connectivity index (χ0v) is 12.1. The molecule has 0 aliphatic carbocycles. The van der Waals surface area contributed by atoms with Gasteiger partial charge in [-0.2, -0.15) is 0 Å². The van der Waals surface area contributed by atoms with E-state index in [-0.39, 0.29) is 11.7 Å². The smallest absolute Gasteiger partial charge is 0.214 e. The summed E-state index contributed by atoms with van der Waals surface area (Å²) in [5, 5.41) is 3.25. The van der Waals surface area contributed by atoms with Gasteiger partial charge < -0.3 is 5.32 Å². The monoisotopic (exact) mass is 283 g/mol. The summed E-state index contributed by atoms with van der Waals surface area (Å²) in [7, 11) is -1.56. The summed E-state index contributed by atoms with van der Waals surface area (Å²) >= 11 is 0. The van der Waals surface area contributed by atoms with E-state index < -0.39 is 10.0 Å². The number of hydrogen-bond donors (Lipinski definition) is 1. The van der Waals surface area contributed by atoms with E-state index in [1.54, 1.807) is 19.4 Å². The van der Waals surface area contributed by atoms with Crippen LogP contribution < -0.4 is 5.32 Å². The Morgan fingerprint density at radius 1 is 1.53 bits per heavy atom. The van der Waals surface area contributed by atoms with E-state index in [1.165, 1.54) is 4.31 Å². The molecule has 0 spiro atoms. The van der Waals surface area contributed by atoms with E-state index in [9.17, 15) is 8.42 Å². The lowest BCUT2D eigenvalue weighted by Crippen LogP contribution is -2.38. The maximum Gasteiger partial charge on any atom is 0.214 e. The first-order chi connectivity index (χ1) is 9.08. The van der Waals surface area contributed by atoms with Gasteiger partial charge in [-0.3, -0.25) is 4.98 Å². The Bertz CT molecular complexity index is 484. The molecule has 2 heterocycles. The highest BCUT2D eigenvalue weighted by Gasteiger charge is 2.24. The number of nitrogens with zero attached hydrogens (tertiary/aromatic N) is 2. The van der Waals surface area contributed by atoms with Crippen molar-refractivity contribution in [1.29, 1.82) is 0 Å². The highest BCUT2D eigenvalue weighted by Crippen LogP contribution is 2.15. The second-order valence-corrected chi connectivity index (χ2v) is 7.23. The summed E-state index contributed by atoms with van der Waals surface area (Å²) in [6, 6.07) is 3.71. The van der Waals surface area contributed by atoms with Gasteiger partial charge in [0.25, 0.3) is 0 Å². The predicted octanol–water partition coefficient (Wildman–Crippen LogP) is 0.843. The third-order valence-corrected chi connectivity index (χ3v) is 5.42. The number of sulfonamides is 1. The van der Waals surface area contributed by atoms with E-state index in [0.29, 0.717) is 6.54 Å². The maximum atomic E-state index is 12.3. The van der Waals surface area contributed by atoms with Crippen LogP contribution in [-0.4, -0.2) is 43.6 Å². The Morgan fingerprint density at radius 2 is 2.37 bits per heavy atom. The van der Waals surface area contributed by atoms with Crippen LogP contribution in [0.4, 0.5) is 0 Å². The molecule has 0 saturated carbocycles. The van der Waals surface area contributed by atoms with Crippen molar-refractivity contribution in [3.05, 3.63) is 30.1 Å². The average molecular weight is 283 g/mol. The molecular formula is C13H21N3O2S. The summed E-state index contributed by atoms with van der Waals surface area (Å²) in [6.45, 7) is 2.19. The molecule has 0 radical (unpaired) electrons. The van der Waals surface area contributed by atoms with Crippen molar-refractivity contribution in [2.45, 2.75) is 19.4 Å². The van der Waals surface area contributed by atoms with Gasteiger partial charge in [0.1, 0.15) is 0 Å². The fourth-order valence-electron chi connectivity index (χ4n) is 2.34. The molecule has 0 bridgehead atoms. The molecule has 6 heteroatoms. The molecule has 1 aliphatic heterocycles.